The van der Waals surface area contributed by atoms with Crippen LogP contribution in [0.15, 0.2) is 18.2 Å². The lowest BCUT2D eigenvalue weighted by atomic mass is 9.48. The first-order valence-corrected chi connectivity index (χ1v) is 7.59. The molecule has 4 saturated carbocycles. The average molecular weight is 274 g/mol. The molecule has 4 fully saturated rings. The zero-order valence-corrected chi connectivity index (χ0v) is 11.4. The molecule has 106 valence electrons. The number of hydrogen-bond acceptors (Lipinski definition) is 2. The Morgan fingerprint density at radius 1 is 1.10 bits per heavy atom. The second-order valence-electron chi connectivity index (χ2n) is 7.19. The summed E-state index contributed by atoms with van der Waals surface area (Å²) in [5.74, 6) is 1.41. The first-order valence-electron chi connectivity index (χ1n) is 7.59. The first kappa shape index (κ1) is 12.4. The SMILES string of the molecule is O=C(c1ccc(F)cc1O)C12CC3CC(CC(C3)C1)C2. The fourth-order valence-corrected chi connectivity index (χ4v) is 5.37. The van der Waals surface area contributed by atoms with E-state index in [4.69, 9.17) is 0 Å². The van der Waals surface area contributed by atoms with E-state index >= 15 is 0 Å². The third-order valence-corrected chi connectivity index (χ3v) is 5.72. The highest BCUT2D eigenvalue weighted by Gasteiger charge is 2.54. The van der Waals surface area contributed by atoms with E-state index in [1.165, 1.54) is 31.4 Å². The fourth-order valence-electron chi connectivity index (χ4n) is 5.37. The molecule has 0 atom stereocenters. The monoisotopic (exact) mass is 274 g/mol. The van der Waals surface area contributed by atoms with Gasteiger partial charge in [0.25, 0.3) is 0 Å². The topological polar surface area (TPSA) is 37.3 Å². The quantitative estimate of drug-likeness (QED) is 0.830. The predicted octanol–water partition coefficient (Wildman–Crippen LogP) is 3.93. The van der Waals surface area contributed by atoms with E-state index in [-0.39, 0.29) is 16.9 Å². The van der Waals surface area contributed by atoms with Gasteiger partial charge in [-0.3, -0.25) is 4.79 Å². The second kappa shape index (κ2) is 4.06. The number of rotatable bonds is 2. The van der Waals surface area contributed by atoms with Crippen LogP contribution in [0.4, 0.5) is 4.39 Å². The molecule has 2 nitrogen and oxygen atoms in total. The number of ketones is 1. The lowest BCUT2D eigenvalue weighted by Crippen LogP contribution is -2.50. The van der Waals surface area contributed by atoms with Crippen LogP contribution < -0.4 is 0 Å². The third kappa shape index (κ3) is 1.72. The summed E-state index contributed by atoms with van der Waals surface area (Å²) in [6.07, 6.45) is 6.74. The molecule has 0 spiro atoms. The molecule has 0 unspecified atom stereocenters. The summed E-state index contributed by atoms with van der Waals surface area (Å²) in [4.78, 5) is 12.9. The molecule has 1 aromatic rings. The fraction of sp³-hybridized carbons (Fsp3) is 0.588. The van der Waals surface area contributed by atoms with Gasteiger partial charge in [0.05, 0.1) is 5.56 Å². The highest BCUT2D eigenvalue weighted by molar-refractivity contribution is 6.03. The maximum absolute atomic E-state index is 13.1. The molecule has 20 heavy (non-hydrogen) atoms. The molecule has 0 saturated heterocycles. The number of benzene rings is 1. The van der Waals surface area contributed by atoms with Crippen LogP contribution in [0.25, 0.3) is 0 Å². The number of carbonyl (C=O) groups excluding carboxylic acids is 1. The summed E-state index contributed by atoms with van der Waals surface area (Å²) in [5.41, 5.74) is 0.0395. The summed E-state index contributed by atoms with van der Waals surface area (Å²) in [5, 5.41) is 9.90. The van der Waals surface area contributed by atoms with Crippen molar-refractivity contribution in [1.29, 1.82) is 0 Å². The van der Waals surface area contributed by atoms with E-state index in [0.29, 0.717) is 23.3 Å². The van der Waals surface area contributed by atoms with E-state index in [1.807, 2.05) is 0 Å². The molecule has 4 bridgehead atoms. The van der Waals surface area contributed by atoms with E-state index in [9.17, 15) is 14.3 Å². The van der Waals surface area contributed by atoms with Gasteiger partial charge >= 0.3 is 0 Å². The first-order chi connectivity index (χ1) is 9.56. The van der Waals surface area contributed by atoms with Gasteiger partial charge in [-0.25, -0.2) is 4.39 Å². The average Bonchev–Trinajstić information content (AvgIpc) is 2.36. The Morgan fingerprint density at radius 3 is 2.15 bits per heavy atom. The zero-order chi connectivity index (χ0) is 13.9. The molecule has 1 aromatic carbocycles. The van der Waals surface area contributed by atoms with Crippen LogP contribution in [0.2, 0.25) is 0 Å². The van der Waals surface area contributed by atoms with Crippen LogP contribution in [0.3, 0.4) is 0 Å². The van der Waals surface area contributed by atoms with Gasteiger partial charge in [0, 0.05) is 11.5 Å². The molecule has 0 heterocycles. The molecule has 0 aromatic heterocycles. The highest BCUT2D eigenvalue weighted by atomic mass is 19.1. The van der Waals surface area contributed by atoms with Crippen LogP contribution in [0, 0.1) is 29.0 Å². The number of halogens is 1. The summed E-state index contributed by atoms with van der Waals surface area (Å²) >= 11 is 0. The van der Waals surface area contributed by atoms with Gasteiger partial charge in [0.1, 0.15) is 11.6 Å². The van der Waals surface area contributed by atoms with Crippen molar-refractivity contribution >= 4 is 5.78 Å². The molecule has 3 heteroatoms. The lowest BCUT2D eigenvalue weighted by Gasteiger charge is -2.55. The molecule has 1 N–H and O–H groups in total. The Bertz CT molecular complexity index is 543. The zero-order valence-electron chi connectivity index (χ0n) is 11.4. The van der Waals surface area contributed by atoms with Gasteiger partial charge in [0.15, 0.2) is 5.78 Å². The van der Waals surface area contributed by atoms with Gasteiger partial charge in [-0.15, -0.1) is 0 Å². The molecular weight excluding hydrogens is 255 g/mol. The summed E-state index contributed by atoms with van der Waals surface area (Å²) in [6.45, 7) is 0. The van der Waals surface area contributed by atoms with Crippen LogP contribution in [0.5, 0.6) is 5.75 Å². The molecule has 4 aliphatic rings. The number of phenolic OH excluding ortho intramolecular Hbond substituents is 1. The van der Waals surface area contributed by atoms with Crippen molar-refractivity contribution in [2.75, 3.05) is 0 Å². The van der Waals surface area contributed by atoms with Crippen LogP contribution in [-0.4, -0.2) is 10.9 Å². The van der Waals surface area contributed by atoms with Crippen LogP contribution in [-0.2, 0) is 0 Å². The Kier molecular flexibility index (Phi) is 2.51. The van der Waals surface area contributed by atoms with Gasteiger partial charge < -0.3 is 5.11 Å². The molecular formula is C17H19FO2. The molecule has 4 aliphatic carbocycles. The number of aromatic hydroxyl groups is 1. The number of carbonyl (C=O) groups is 1. The molecule has 5 rings (SSSR count). The van der Waals surface area contributed by atoms with Crippen molar-refractivity contribution < 1.29 is 14.3 Å². The minimum Gasteiger partial charge on any atom is -0.507 e. The van der Waals surface area contributed by atoms with Crippen molar-refractivity contribution in [3.63, 3.8) is 0 Å². The van der Waals surface area contributed by atoms with Crippen molar-refractivity contribution in [3.05, 3.63) is 29.6 Å². The maximum atomic E-state index is 13.1. The van der Waals surface area contributed by atoms with Gasteiger partial charge in [0.2, 0.25) is 0 Å². The Labute approximate surface area is 118 Å². The number of phenols is 1. The summed E-state index contributed by atoms with van der Waals surface area (Å²) in [7, 11) is 0. The Hall–Kier alpha value is -1.38. The van der Waals surface area contributed by atoms with Gasteiger partial charge in [-0.1, -0.05) is 0 Å². The summed E-state index contributed by atoms with van der Waals surface area (Å²) < 4.78 is 13.1. The minimum absolute atomic E-state index is 0.0501. The standard InChI is InChI=1S/C17H19FO2/c18-13-1-2-14(15(19)6-13)16(20)17-7-10-3-11(8-17)5-12(4-10)9-17/h1-2,6,10-12,19H,3-5,7-9H2. The number of hydrogen-bond donors (Lipinski definition) is 1. The van der Waals surface area contributed by atoms with Gasteiger partial charge in [-0.2, -0.15) is 0 Å². The van der Waals surface area contributed by atoms with E-state index < -0.39 is 5.82 Å². The van der Waals surface area contributed by atoms with Gasteiger partial charge in [-0.05, 0) is 68.4 Å². The maximum Gasteiger partial charge on any atom is 0.172 e. The second-order valence-corrected chi connectivity index (χ2v) is 7.19. The Morgan fingerprint density at radius 2 is 1.65 bits per heavy atom. The van der Waals surface area contributed by atoms with Crippen LogP contribution in [0.1, 0.15) is 48.9 Å². The minimum atomic E-state index is -0.496. The normalized spacial score (nSPS) is 38.1. The smallest absolute Gasteiger partial charge is 0.172 e. The predicted molar refractivity (Wildman–Crippen MR) is 73.0 cm³/mol. The highest BCUT2D eigenvalue weighted by Crippen LogP contribution is 2.61. The van der Waals surface area contributed by atoms with Crippen molar-refractivity contribution in [3.8, 4) is 5.75 Å². The Balaban J connectivity index is 1.71. The molecule has 0 amide bonds. The van der Waals surface area contributed by atoms with E-state index in [1.54, 1.807) is 0 Å². The molecule has 0 radical (unpaired) electrons. The van der Waals surface area contributed by atoms with Crippen LogP contribution >= 0.6 is 0 Å². The summed E-state index contributed by atoms with van der Waals surface area (Å²) in [6, 6.07) is 3.77. The van der Waals surface area contributed by atoms with Crippen molar-refractivity contribution in [2.24, 2.45) is 23.2 Å². The molecule has 0 aliphatic heterocycles. The van der Waals surface area contributed by atoms with Crippen molar-refractivity contribution in [1.82, 2.24) is 0 Å². The third-order valence-electron chi connectivity index (χ3n) is 5.72. The van der Waals surface area contributed by atoms with Crippen molar-refractivity contribution in [2.45, 2.75) is 38.5 Å². The number of Topliss-reactive ketones (excluding diaryl/α,β-unsaturated/α-hetero) is 1. The largest absolute Gasteiger partial charge is 0.507 e. The van der Waals surface area contributed by atoms with E-state index in [2.05, 4.69) is 0 Å². The van der Waals surface area contributed by atoms with E-state index in [0.717, 1.165) is 25.3 Å². The lowest BCUT2D eigenvalue weighted by molar-refractivity contribution is -0.0354.